The summed E-state index contributed by atoms with van der Waals surface area (Å²) in [5.74, 6) is 0. The zero-order chi connectivity index (χ0) is 13.1. The lowest BCUT2D eigenvalue weighted by molar-refractivity contribution is -0.380. The van der Waals surface area contributed by atoms with Crippen LogP contribution in [-0.4, -0.2) is 34.1 Å². The molecule has 0 bridgehead atoms. The molecule has 7 heteroatoms. The van der Waals surface area contributed by atoms with Gasteiger partial charge in [0.25, 0.3) is 0 Å². The first-order valence-electron chi connectivity index (χ1n) is 5.67. The van der Waals surface area contributed by atoms with Crippen molar-refractivity contribution in [2.75, 3.05) is 13.1 Å². The van der Waals surface area contributed by atoms with E-state index >= 15 is 0 Å². The summed E-state index contributed by atoms with van der Waals surface area (Å²) >= 11 is 1.04. The lowest BCUT2D eigenvalue weighted by Crippen LogP contribution is -2.37. The van der Waals surface area contributed by atoms with Crippen LogP contribution in [0.25, 0.3) is 0 Å². The smallest absolute Gasteiger partial charge is 0.324 e. The molecule has 1 unspecified atom stereocenters. The summed E-state index contributed by atoms with van der Waals surface area (Å²) in [5, 5.41) is 29.3. The second kappa shape index (κ2) is 5.44. The molecule has 1 aromatic rings. The molecule has 0 saturated carbocycles. The molecule has 96 valence electrons. The van der Waals surface area contributed by atoms with Crippen LogP contribution in [0.1, 0.15) is 23.8 Å². The number of nitriles is 1. The van der Waals surface area contributed by atoms with Gasteiger partial charge in [-0.1, -0.05) is 11.3 Å². The van der Waals surface area contributed by atoms with Crippen LogP contribution in [0, 0.1) is 21.4 Å². The third kappa shape index (κ3) is 2.67. The highest BCUT2D eigenvalue weighted by molar-refractivity contribution is 7.15. The molecule has 1 aromatic heterocycles. The van der Waals surface area contributed by atoms with Gasteiger partial charge in [-0.05, 0) is 18.9 Å². The maximum Gasteiger partial charge on any atom is 0.324 e. The highest BCUT2D eigenvalue weighted by atomic mass is 32.1. The fourth-order valence-corrected chi connectivity index (χ4v) is 2.96. The average Bonchev–Trinajstić information content (AvgIpc) is 2.82. The van der Waals surface area contributed by atoms with Gasteiger partial charge < -0.3 is 5.11 Å². The van der Waals surface area contributed by atoms with E-state index < -0.39 is 11.0 Å². The number of aliphatic hydroxyl groups excluding tert-OH is 1. The Balaban J connectivity index is 2.13. The molecule has 2 heterocycles. The third-order valence-electron chi connectivity index (χ3n) is 3.05. The van der Waals surface area contributed by atoms with Crippen molar-refractivity contribution in [1.29, 1.82) is 5.26 Å². The topological polar surface area (TPSA) is 90.4 Å². The first kappa shape index (κ1) is 13.0. The first-order valence-corrected chi connectivity index (χ1v) is 6.49. The third-order valence-corrected chi connectivity index (χ3v) is 4.14. The van der Waals surface area contributed by atoms with Crippen molar-refractivity contribution in [2.24, 2.45) is 0 Å². The van der Waals surface area contributed by atoms with Crippen LogP contribution in [0.5, 0.6) is 0 Å². The summed E-state index contributed by atoms with van der Waals surface area (Å²) in [6, 6.07) is 4.81. The Morgan fingerprint density at radius 3 is 2.72 bits per heavy atom. The highest BCUT2D eigenvalue weighted by Crippen LogP contribution is 2.32. The van der Waals surface area contributed by atoms with Crippen molar-refractivity contribution in [1.82, 2.24) is 4.90 Å². The lowest BCUT2D eigenvalue weighted by atomic mass is 10.1. The summed E-state index contributed by atoms with van der Waals surface area (Å²) in [6.45, 7) is 1.29. The summed E-state index contributed by atoms with van der Waals surface area (Å²) in [4.78, 5) is 12.8. The van der Waals surface area contributed by atoms with Crippen molar-refractivity contribution in [3.63, 3.8) is 0 Å². The van der Waals surface area contributed by atoms with Gasteiger partial charge in [-0.2, -0.15) is 5.26 Å². The monoisotopic (exact) mass is 267 g/mol. The molecule has 0 radical (unpaired) electrons. The zero-order valence-electron chi connectivity index (χ0n) is 9.65. The van der Waals surface area contributed by atoms with Crippen molar-refractivity contribution in [2.45, 2.75) is 25.0 Å². The Morgan fingerprint density at radius 1 is 1.56 bits per heavy atom. The normalized spacial score (nSPS) is 19.3. The van der Waals surface area contributed by atoms with E-state index in [-0.39, 0.29) is 11.1 Å². The molecule has 1 aliphatic rings. The van der Waals surface area contributed by atoms with Gasteiger partial charge in [0.2, 0.25) is 0 Å². The quantitative estimate of drug-likeness (QED) is 0.664. The maximum atomic E-state index is 10.6. The minimum Gasteiger partial charge on any atom is -0.393 e. The van der Waals surface area contributed by atoms with E-state index in [2.05, 4.69) is 6.07 Å². The second-order valence-electron chi connectivity index (χ2n) is 4.23. The predicted molar refractivity (Wildman–Crippen MR) is 66.1 cm³/mol. The van der Waals surface area contributed by atoms with Gasteiger partial charge in [0.15, 0.2) is 0 Å². The molecular weight excluding hydrogens is 254 g/mol. The van der Waals surface area contributed by atoms with Crippen LogP contribution in [0.15, 0.2) is 12.1 Å². The number of rotatable bonds is 3. The molecule has 2 rings (SSSR count). The Hall–Kier alpha value is -1.49. The first-order chi connectivity index (χ1) is 8.61. The Bertz CT molecular complexity index is 474. The van der Waals surface area contributed by atoms with E-state index in [9.17, 15) is 20.5 Å². The van der Waals surface area contributed by atoms with Gasteiger partial charge in [0.1, 0.15) is 6.04 Å². The van der Waals surface area contributed by atoms with Crippen molar-refractivity contribution in [3.05, 3.63) is 27.1 Å². The van der Waals surface area contributed by atoms with Crippen LogP contribution >= 0.6 is 11.3 Å². The minimum atomic E-state index is -0.448. The highest BCUT2D eigenvalue weighted by Gasteiger charge is 2.27. The van der Waals surface area contributed by atoms with Gasteiger partial charge in [-0.25, -0.2) is 0 Å². The van der Waals surface area contributed by atoms with Crippen LogP contribution in [0.2, 0.25) is 0 Å². The van der Waals surface area contributed by atoms with Gasteiger partial charge in [0, 0.05) is 24.0 Å². The molecule has 1 fully saturated rings. The minimum absolute atomic E-state index is 0.0577. The summed E-state index contributed by atoms with van der Waals surface area (Å²) in [6.07, 6.45) is 0.996. The SMILES string of the molecule is N#CC(c1ccc([N+](=O)[O-])s1)N1CCC(O)CC1. The Kier molecular flexibility index (Phi) is 3.91. The number of nitro groups is 1. The molecule has 1 saturated heterocycles. The Morgan fingerprint density at radius 2 is 2.22 bits per heavy atom. The van der Waals surface area contributed by atoms with E-state index in [1.807, 2.05) is 4.90 Å². The molecule has 0 amide bonds. The van der Waals surface area contributed by atoms with Gasteiger partial charge in [-0.3, -0.25) is 15.0 Å². The summed E-state index contributed by atoms with van der Waals surface area (Å²) < 4.78 is 0. The lowest BCUT2D eigenvalue weighted by Gasteiger charge is -2.32. The number of hydrogen-bond donors (Lipinski definition) is 1. The van der Waals surface area contributed by atoms with Crippen LogP contribution < -0.4 is 0 Å². The molecule has 1 aliphatic heterocycles. The van der Waals surface area contributed by atoms with Gasteiger partial charge in [-0.15, -0.1) is 0 Å². The zero-order valence-corrected chi connectivity index (χ0v) is 10.5. The molecular formula is C11H13N3O3S. The number of hydrogen-bond acceptors (Lipinski definition) is 6. The second-order valence-corrected chi connectivity index (χ2v) is 5.33. The number of piperidine rings is 1. The molecule has 0 aliphatic carbocycles. The van der Waals surface area contributed by atoms with Crippen LogP contribution in [-0.2, 0) is 0 Å². The number of likely N-dealkylation sites (tertiary alicyclic amines) is 1. The summed E-state index contributed by atoms with van der Waals surface area (Å²) in [7, 11) is 0. The fraction of sp³-hybridized carbons (Fsp3) is 0.545. The molecule has 1 atom stereocenters. The largest absolute Gasteiger partial charge is 0.393 e. The van der Waals surface area contributed by atoms with E-state index in [0.717, 1.165) is 11.3 Å². The predicted octanol–water partition coefficient (Wildman–Crippen LogP) is 1.68. The molecule has 0 spiro atoms. The molecule has 6 nitrogen and oxygen atoms in total. The summed E-state index contributed by atoms with van der Waals surface area (Å²) in [5.41, 5.74) is 0. The average molecular weight is 267 g/mol. The van der Waals surface area contributed by atoms with Gasteiger partial charge >= 0.3 is 5.00 Å². The van der Waals surface area contributed by atoms with Crippen LogP contribution in [0.3, 0.4) is 0 Å². The van der Waals surface area contributed by atoms with E-state index in [0.29, 0.717) is 30.8 Å². The van der Waals surface area contributed by atoms with E-state index in [1.54, 1.807) is 6.07 Å². The standard InChI is InChI=1S/C11H13N3O3S/c12-7-9(13-5-3-8(15)4-6-13)10-1-2-11(18-10)14(16)17/h1-2,8-9,15H,3-6H2. The molecule has 18 heavy (non-hydrogen) atoms. The van der Waals surface area contributed by atoms with Crippen LogP contribution in [0.4, 0.5) is 5.00 Å². The molecule has 1 N–H and O–H groups in total. The number of thiophene rings is 1. The van der Waals surface area contributed by atoms with Crippen molar-refractivity contribution in [3.8, 4) is 6.07 Å². The molecule has 0 aromatic carbocycles. The van der Waals surface area contributed by atoms with Crippen molar-refractivity contribution < 1.29 is 10.0 Å². The number of aliphatic hydroxyl groups is 1. The number of nitrogens with zero attached hydrogens (tertiary/aromatic N) is 3. The van der Waals surface area contributed by atoms with E-state index in [4.69, 9.17) is 0 Å². The van der Waals surface area contributed by atoms with Crippen molar-refractivity contribution >= 4 is 16.3 Å². The van der Waals surface area contributed by atoms with E-state index in [1.165, 1.54) is 6.07 Å². The maximum absolute atomic E-state index is 10.6. The Labute approximate surface area is 108 Å². The van der Waals surface area contributed by atoms with Gasteiger partial charge in [0.05, 0.1) is 17.1 Å². The fourth-order valence-electron chi connectivity index (χ4n) is 2.06.